The van der Waals surface area contributed by atoms with Crippen LogP contribution in [0.15, 0.2) is 12.1 Å². The van der Waals surface area contributed by atoms with Crippen molar-refractivity contribution in [2.45, 2.75) is 51.0 Å². The molecule has 1 aromatic rings. The Morgan fingerprint density at radius 3 is 1.89 bits per heavy atom. The number of benzene rings is 1. The molecule has 0 atom stereocenters. The SMILES string of the molecule is Fc1cc(F)c(NC2CCCCCCC2)c(F)c1. The molecule has 0 bridgehead atoms. The van der Waals surface area contributed by atoms with Crippen molar-refractivity contribution in [1.82, 2.24) is 0 Å². The van der Waals surface area contributed by atoms with E-state index in [1.807, 2.05) is 0 Å². The topological polar surface area (TPSA) is 12.0 Å². The Hall–Kier alpha value is -1.19. The molecule has 0 unspecified atom stereocenters. The summed E-state index contributed by atoms with van der Waals surface area (Å²) in [5.74, 6) is -2.59. The quantitative estimate of drug-likeness (QED) is 0.814. The molecular weight excluding hydrogens is 239 g/mol. The minimum absolute atomic E-state index is 0.0831. The first-order valence-electron chi connectivity index (χ1n) is 6.58. The van der Waals surface area contributed by atoms with Gasteiger partial charge in [0, 0.05) is 18.2 Å². The number of anilines is 1. The van der Waals surface area contributed by atoms with Crippen molar-refractivity contribution in [2.24, 2.45) is 0 Å². The van der Waals surface area contributed by atoms with E-state index in [-0.39, 0.29) is 11.7 Å². The predicted octanol–water partition coefficient (Wildman–Crippen LogP) is 4.63. The normalized spacial score (nSPS) is 18.2. The van der Waals surface area contributed by atoms with Crippen molar-refractivity contribution >= 4 is 5.69 Å². The lowest BCUT2D eigenvalue weighted by molar-refractivity contribution is 0.465. The van der Waals surface area contributed by atoms with Crippen LogP contribution in [-0.4, -0.2) is 6.04 Å². The second-order valence-corrected chi connectivity index (χ2v) is 4.93. The number of hydrogen-bond acceptors (Lipinski definition) is 1. The van der Waals surface area contributed by atoms with Gasteiger partial charge in [0.2, 0.25) is 0 Å². The Morgan fingerprint density at radius 1 is 0.833 bits per heavy atom. The summed E-state index contributed by atoms with van der Waals surface area (Å²) in [6.07, 6.45) is 7.56. The average Bonchev–Trinajstić information content (AvgIpc) is 2.25. The van der Waals surface area contributed by atoms with Gasteiger partial charge in [-0.25, -0.2) is 13.2 Å². The third kappa shape index (κ3) is 3.40. The molecule has 0 radical (unpaired) electrons. The standard InChI is InChI=1S/C14H18F3N/c15-10-8-12(16)14(13(17)9-10)18-11-6-4-2-1-3-5-7-11/h8-9,11,18H,1-7H2. The highest BCUT2D eigenvalue weighted by atomic mass is 19.1. The van der Waals surface area contributed by atoms with Crippen molar-refractivity contribution in [1.29, 1.82) is 0 Å². The van der Waals surface area contributed by atoms with Crippen LogP contribution in [0.2, 0.25) is 0 Å². The van der Waals surface area contributed by atoms with Gasteiger partial charge in [0.1, 0.15) is 11.5 Å². The van der Waals surface area contributed by atoms with Crippen molar-refractivity contribution in [3.8, 4) is 0 Å². The largest absolute Gasteiger partial charge is 0.378 e. The molecule has 1 saturated carbocycles. The van der Waals surface area contributed by atoms with Crippen LogP contribution in [0.25, 0.3) is 0 Å². The molecule has 0 heterocycles. The molecule has 4 heteroatoms. The molecule has 1 aromatic carbocycles. The van der Waals surface area contributed by atoms with E-state index in [0.29, 0.717) is 12.1 Å². The maximum atomic E-state index is 13.5. The summed E-state index contributed by atoms with van der Waals surface area (Å²) >= 11 is 0. The van der Waals surface area contributed by atoms with E-state index in [0.717, 1.165) is 25.7 Å². The monoisotopic (exact) mass is 257 g/mol. The third-order valence-corrected chi connectivity index (χ3v) is 3.46. The first-order chi connectivity index (χ1) is 8.66. The summed E-state index contributed by atoms with van der Waals surface area (Å²) in [7, 11) is 0. The fraction of sp³-hybridized carbons (Fsp3) is 0.571. The molecule has 18 heavy (non-hydrogen) atoms. The molecule has 1 aliphatic carbocycles. The molecule has 1 N–H and O–H groups in total. The molecular formula is C14H18F3N. The van der Waals surface area contributed by atoms with E-state index in [9.17, 15) is 13.2 Å². The van der Waals surface area contributed by atoms with Crippen LogP contribution < -0.4 is 5.32 Å². The summed E-state index contributed by atoms with van der Waals surface area (Å²) in [6, 6.07) is 1.52. The third-order valence-electron chi connectivity index (χ3n) is 3.46. The zero-order chi connectivity index (χ0) is 13.0. The lowest BCUT2D eigenvalue weighted by atomic mass is 9.96. The predicted molar refractivity (Wildman–Crippen MR) is 66.0 cm³/mol. The first-order valence-corrected chi connectivity index (χ1v) is 6.58. The summed E-state index contributed by atoms with van der Waals surface area (Å²) in [4.78, 5) is 0. The van der Waals surface area contributed by atoms with Crippen LogP contribution in [0, 0.1) is 17.5 Å². The van der Waals surface area contributed by atoms with Gasteiger partial charge in [0.15, 0.2) is 11.6 Å². The van der Waals surface area contributed by atoms with Crippen LogP contribution in [-0.2, 0) is 0 Å². The highest BCUT2D eigenvalue weighted by molar-refractivity contribution is 5.47. The Balaban J connectivity index is 2.07. The van der Waals surface area contributed by atoms with Crippen LogP contribution in [0.4, 0.5) is 18.9 Å². The van der Waals surface area contributed by atoms with Gasteiger partial charge in [0.25, 0.3) is 0 Å². The molecule has 100 valence electrons. The molecule has 1 fully saturated rings. The van der Waals surface area contributed by atoms with Gasteiger partial charge in [-0.2, -0.15) is 0 Å². The van der Waals surface area contributed by atoms with Gasteiger partial charge in [-0.1, -0.05) is 32.1 Å². The Kier molecular flexibility index (Phi) is 4.50. The van der Waals surface area contributed by atoms with Gasteiger partial charge < -0.3 is 5.32 Å². The van der Waals surface area contributed by atoms with Crippen molar-refractivity contribution in [3.05, 3.63) is 29.6 Å². The Bertz CT molecular complexity index is 375. The molecule has 0 spiro atoms. The highest BCUT2D eigenvalue weighted by Crippen LogP contribution is 2.25. The zero-order valence-corrected chi connectivity index (χ0v) is 10.3. The minimum Gasteiger partial charge on any atom is -0.378 e. The summed E-state index contributed by atoms with van der Waals surface area (Å²) in [5, 5.41) is 2.90. The Labute approximate surface area is 105 Å². The second-order valence-electron chi connectivity index (χ2n) is 4.93. The van der Waals surface area contributed by atoms with E-state index in [1.54, 1.807) is 0 Å². The van der Waals surface area contributed by atoms with Crippen molar-refractivity contribution in [3.63, 3.8) is 0 Å². The van der Waals surface area contributed by atoms with Crippen LogP contribution >= 0.6 is 0 Å². The van der Waals surface area contributed by atoms with E-state index in [2.05, 4.69) is 5.32 Å². The van der Waals surface area contributed by atoms with Crippen LogP contribution in [0.1, 0.15) is 44.9 Å². The lowest BCUT2D eigenvalue weighted by Gasteiger charge is -2.22. The molecule has 0 saturated heterocycles. The van der Waals surface area contributed by atoms with Gasteiger partial charge in [-0.3, -0.25) is 0 Å². The van der Waals surface area contributed by atoms with Crippen molar-refractivity contribution < 1.29 is 13.2 Å². The van der Waals surface area contributed by atoms with Crippen molar-refractivity contribution in [2.75, 3.05) is 5.32 Å². The number of halogens is 3. The molecule has 0 aliphatic heterocycles. The van der Waals surface area contributed by atoms with Gasteiger partial charge in [-0.05, 0) is 12.8 Å². The van der Waals surface area contributed by atoms with Gasteiger partial charge in [0.05, 0.1) is 0 Å². The maximum Gasteiger partial charge on any atom is 0.152 e. The fourth-order valence-corrected chi connectivity index (χ4v) is 2.48. The smallest absolute Gasteiger partial charge is 0.152 e. The molecule has 2 rings (SSSR count). The van der Waals surface area contributed by atoms with Gasteiger partial charge >= 0.3 is 0 Å². The Morgan fingerprint density at radius 2 is 1.33 bits per heavy atom. The van der Waals surface area contributed by atoms with Crippen LogP contribution in [0.3, 0.4) is 0 Å². The van der Waals surface area contributed by atoms with E-state index < -0.39 is 17.5 Å². The fourth-order valence-electron chi connectivity index (χ4n) is 2.48. The van der Waals surface area contributed by atoms with E-state index >= 15 is 0 Å². The summed E-state index contributed by atoms with van der Waals surface area (Å²) in [5.41, 5.74) is -0.193. The lowest BCUT2D eigenvalue weighted by Crippen LogP contribution is -2.22. The number of rotatable bonds is 2. The molecule has 0 amide bonds. The maximum absolute atomic E-state index is 13.5. The first kappa shape index (κ1) is 13.2. The van der Waals surface area contributed by atoms with Gasteiger partial charge in [-0.15, -0.1) is 0 Å². The molecule has 1 aliphatic rings. The zero-order valence-electron chi connectivity index (χ0n) is 10.3. The second kappa shape index (κ2) is 6.12. The minimum atomic E-state index is -0.881. The van der Waals surface area contributed by atoms with Crippen LogP contribution in [0.5, 0.6) is 0 Å². The number of nitrogens with one attached hydrogen (secondary N) is 1. The van der Waals surface area contributed by atoms with E-state index in [1.165, 1.54) is 19.3 Å². The summed E-state index contributed by atoms with van der Waals surface area (Å²) < 4.78 is 39.8. The average molecular weight is 257 g/mol. The number of hydrogen-bond donors (Lipinski definition) is 1. The molecule has 0 aromatic heterocycles. The van der Waals surface area contributed by atoms with E-state index in [4.69, 9.17) is 0 Å². The highest BCUT2D eigenvalue weighted by Gasteiger charge is 2.17. The molecule has 1 nitrogen and oxygen atoms in total. The summed E-state index contributed by atoms with van der Waals surface area (Å²) in [6.45, 7) is 0.